The van der Waals surface area contributed by atoms with Crippen molar-refractivity contribution in [2.75, 3.05) is 0 Å². The third kappa shape index (κ3) is 3.65. The van der Waals surface area contributed by atoms with Crippen LogP contribution in [0.3, 0.4) is 0 Å². The Morgan fingerprint density at radius 3 is 2.70 bits per heavy atom. The lowest BCUT2D eigenvalue weighted by molar-refractivity contribution is -0.110. The number of rotatable bonds is 5. The summed E-state index contributed by atoms with van der Waals surface area (Å²) in [6, 6.07) is 13.8. The van der Waals surface area contributed by atoms with Gasteiger partial charge in [-0.3, -0.25) is 9.59 Å². The van der Waals surface area contributed by atoms with Crippen molar-refractivity contribution < 1.29 is 13.6 Å². The van der Waals surface area contributed by atoms with Crippen molar-refractivity contribution in [3.63, 3.8) is 0 Å². The lowest BCUT2D eigenvalue weighted by Gasteiger charge is -2.35. The van der Waals surface area contributed by atoms with Crippen LogP contribution in [0.25, 0.3) is 11.1 Å². The number of nitrogens with zero attached hydrogens (tertiary/aromatic N) is 1. The van der Waals surface area contributed by atoms with Gasteiger partial charge in [-0.1, -0.05) is 36.4 Å². The standard InChI is InChI=1S/C24H22F2N2O2/c1-15-8-9-19-10-11-21(27-14-29)22(28(19)24(15)30)13-17-5-3-7-20(23(17)26)16-4-2-6-18(25)12-16/h2-9,12,14,21-22H,10-11,13H2,1H3,(H,27,29). The van der Waals surface area contributed by atoms with Gasteiger partial charge in [0.2, 0.25) is 6.41 Å². The van der Waals surface area contributed by atoms with Crippen LogP contribution in [-0.2, 0) is 17.6 Å². The molecule has 0 fully saturated rings. The fourth-order valence-corrected chi connectivity index (χ4v) is 4.29. The van der Waals surface area contributed by atoms with Gasteiger partial charge in [0.05, 0.1) is 12.1 Å². The number of fused-ring (bicyclic) bond motifs is 1. The Labute approximate surface area is 173 Å². The molecule has 4 nitrogen and oxygen atoms in total. The molecule has 0 saturated heterocycles. The number of amides is 1. The van der Waals surface area contributed by atoms with Crippen LogP contribution >= 0.6 is 0 Å². The van der Waals surface area contributed by atoms with E-state index in [1.54, 1.807) is 47.9 Å². The van der Waals surface area contributed by atoms with E-state index >= 15 is 4.39 Å². The smallest absolute Gasteiger partial charge is 0.253 e. The van der Waals surface area contributed by atoms with Crippen LogP contribution in [0.4, 0.5) is 8.78 Å². The second kappa shape index (κ2) is 8.22. The highest BCUT2D eigenvalue weighted by molar-refractivity contribution is 5.65. The summed E-state index contributed by atoms with van der Waals surface area (Å²) in [5.41, 5.74) is 2.52. The highest BCUT2D eigenvalue weighted by Gasteiger charge is 2.31. The summed E-state index contributed by atoms with van der Waals surface area (Å²) >= 11 is 0. The maximum absolute atomic E-state index is 15.4. The van der Waals surface area contributed by atoms with Crippen LogP contribution in [0.15, 0.2) is 59.4 Å². The zero-order valence-corrected chi connectivity index (χ0v) is 16.6. The zero-order chi connectivity index (χ0) is 21.3. The van der Waals surface area contributed by atoms with E-state index in [4.69, 9.17) is 0 Å². The maximum atomic E-state index is 15.4. The van der Waals surface area contributed by atoms with Gasteiger partial charge in [-0.05, 0) is 55.5 Å². The van der Waals surface area contributed by atoms with Gasteiger partial charge in [-0.25, -0.2) is 8.78 Å². The number of halogens is 2. The quantitative estimate of drug-likeness (QED) is 0.650. The largest absolute Gasteiger partial charge is 0.354 e. The minimum Gasteiger partial charge on any atom is -0.354 e. The predicted octanol–water partition coefficient (Wildman–Crippen LogP) is 3.95. The lowest BCUT2D eigenvalue weighted by Crippen LogP contribution is -2.46. The van der Waals surface area contributed by atoms with E-state index in [0.29, 0.717) is 41.5 Å². The van der Waals surface area contributed by atoms with E-state index in [1.807, 2.05) is 6.07 Å². The molecule has 6 heteroatoms. The molecule has 0 saturated carbocycles. The monoisotopic (exact) mass is 408 g/mol. The first-order valence-corrected chi connectivity index (χ1v) is 9.93. The summed E-state index contributed by atoms with van der Waals surface area (Å²) in [7, 11) is 0. The fraction of sp³-hybridized carbons (Fsp3) is 0.250. The average molecular weight is 408 g/mol. The first-order valence-electron chi connectivity index (χ1n) is 9.93. The molecule has 2 aromatic carbocycles. The fourth-order valence-electron chi connectivity index (χ4n) is 4.29. The Bertz CT molecular complexity index is 1160. The number of nitrogens with one attached hydrogen (secondary N) is 1. The second-order valence-corrected chi connectivity index (χ2v) is 7.67. The molecule has 1 amide bonds. The minimum atomic E-state index is -0.444. The molecular formula is C24H22F2N2O2. The summed E-state index contributed by atoms with van der Waals surface area (Å²) < 4.78 is 30.7. The number of carbonyl (C=O) groups excluding carboxylic acids is 1. The van der Waals surface area contributed by atoms with Gasteiger partial charge in [0, 0.05) is 16.8 Å². The van der Waals surface area contributed by atoms with Crippen molar-refractivity contribution in [3.05, 3.63) is 93.4 Å². The third-order valence-corrected chi connectivity index (χ3v) is 5.82. The summed E-state index contributed by atoms with van der Waals surface area (Å²) in [5, 5.41) is 2.80. The van der Waals surface area contributed by atoms with Crippen LogP contribution in [0.2, 0.25) is 0 Å². The van der Waals surface area contributed by atoms with Crippen molar-refractivity contribution in [3.8, 4) is 11.1 Å². The Morgan fingerprint density at radius 2 is 1.93 bits per heavy atom. The number of hydrogen-bond donors (Lipinski definition) is 1. The molecule has 0 aliphatic carbocycles. The molecule has 1 aromatic heterocycles. The number of carbonyl (C=O) groups is 1. The predicted molar refractivity (Wildman–Crippen MR) is 111 cm³/mol. The van der Waals surface area contributed by atoms with Crippen molar-refractivity contribution in [2.45, 2.75) is 38.3 Å². The molecule has 1 aliphatic heterocycles. The first-order chi connectivity index (χ1) is 14.5. The lowest BCUT2D eigenvalue weighted by atomic mass is 9.89. The van der Waals surface area contributed by atoms with Gasteiger partial charge in [0.25, 0.3) is 5.56 Å². The van der Waals surface area contributed by atoms with E-state index < -0.39 is 17.7 Å². The SMILES string of the molecule is Cc1ccc2n(c1=O)C(Cc1cccc(-c3cccc(F)c3)c1F)C(NC=O)CC2. The molecule has 0 bridgehead atoms. The molecule has 2 heterocycles. The van der Waals surface area contributed by atoms with Crippen molar-refractivity contribution >= 4 is 6.41 Å². The van der Waals surface area contributed by atoms with E-state index in [1.165, 1.54) is 12.1 Å². The normalized spacial score (nSPS) is 18.0. The van der Waals surface area contributed by atoms with E-state index in [9.17, 15) is 14.0 Å². The van der Waals surface area contributed by atoms with Gasteiger partial charge in [0.1, 0.15) is 11.6 Å². The van der Waals surface area contributed by atoms with Gasteiger partial charge in [-0.2, -0.15) is 0 Å². The van der Waals surface area contributed by atoms with E-state index in [0.717, 1.165) is 5.69 Å². The molecule has 1 N–H and O–H groups in total. The molecule has 154 valence electrons. The maximum Gasteiger partial charge on any atom is 0.253 e. The first kappa shape index (κ1) is 20.0. The minimum absolute atomic E-state index is 0.128. The molecule has 4 rings (SSSR count). The Morgan fingerprint density at radius 1 is 1.13 bits per heavy atom. The van der Waals surface area contributed by atoms with E-state index in [-0.39, 0.29) is 18.0 Å². The van der Waals surface area contributed by atoms with E-state index in [2.05, 4.69) is 5.32 Å². The van der Waals surface area contributed by atoms with Crippen molar-refractivity contribution in [1.29, 1.82) is 0 Å². The topological polar surface area (TPSA) is 51.1 Å². The number of pyridine rings is 1. The molecule has 0 spiro atoms. The summed E-state index contributed by atoms with van der Waals surface area (Å²) in [6.45, 7) is 1.74. The summed E-state index contributed by atoms with van der Waals surface area (Å²) in [6.07, 6.45) is 2.18. The van der Waals surface area contributed by atoms with Gasteiger partial charge in [-0.15, -0.1) is 0 Å². The number of benzene rings is 2. The van der Waals surface area contributed by atoms with Gasteiger partial charge >= 0.3 is 0 Å². The summed E-state index contributed by atoms with van der Waals surface area (Å²) in [5.74, 6) is -0.878. The number of aromatic nitrogens is 1. The zero-order valence-electron chi connectivity index (χ0n) is 16.6. The molecule has 2 atom stereocenters. The van der Waals surface area contributed by atoms with Crippen LogP contribution in [0, 0.1) is 18.6 Å². The Hall–Kier alpha value is -3.28. The van der Waals surface area contributed by atoms with Crippen LogP contribution < -0.4 is 10.9 Å². The Balaban J connectivity index is 1.78. The number of hydrogen-bond acceptors (Lipinski definition) is 2. The highest BCUT2D eigenvalue weighted by Crippen LogP contribution is 2.31. The van der Waals surface area contributed by atoms with Gasteiger partial charge in [0.15, 0.2) is 0 Å². The molecule has 30 heavy (non-hydrogen) atoms. The molecule has 2 unspecified atom stereocenters. The van der Waals surface area contributed by atoms with Crippen LogP contribution in [0.5, 0.6) is 0 Å². The van der Waals surface area contributed by atoms with Crippen molar-refractivity contribution in [2.24, 2.45) is 0 Å². The summed E-state index contributed by atoms with van der Waals surface area (Å²) in [4.78, 5) is 24.1. The third-order valence-electron chi connectivity index (χ3n) is 5.82. The van der Waals surface area contributed by atoms with Crippen molar-refractivity contribution in [1.82, 2.24) is 9.88 Å². The highest BCUT2D eigenvalue weighted by atomic mass is 19.1. The molecule has 3 aromatic rings. The Kier molecular flexibility index (Phi) is 5.48. The molecule has 1 aliphatic rings. The van der Waals surface area contributed by atoms with Crippen LogP contribution in [0.1, 0.15) is 29.3 Å². The molecular weight excluding hydrogens is 386 g/mol. The van der Waals surface area contributed by atoms with Gasteiger partial charge < -0.3 is 9.88 Å². The second-order valence-electron chi connectivity index (χ2n) is 7.67. The van der Waals surface area contributed by atoms with Crippen LogP contribution in [-0.4, -0.2) is 17.0 Å². The molecule has 0 radical (unpaired) electrons. The number of aryl methyl sites for hydroxylation is 2. The average Bonchev–Trinajstić information content (AvgIpc) is 2.73.